The zero-order valence-corrected chi connectivity index (χ0v) is 13.8. The molecule has 6 unspecified atom stereocenters. The number of hydrogen-bond acceptors (Lipinski definition) is 8. The van der Waals surface area contributed by atoms with E-state index in [1.54, 1.807) is 6.92 Å². The first-order valence-electron chi connectivity index (χ1n) is 7.15. The first kappa shape index (κ1) is 21.7. The van der Waals surface area contributed by atoms with E-state index in [9.17, 15) is 20.4 Å². The van der Waals surface area contributed by atoms with Gasteiger partial charge >= 0.3 is 0 Å². The van der Waals surface area contributed by atoms with Crippen LogP contribution in [0.4, 0.5) is 0 Å². The monoisotopic (exact) mass is 326 g/mol. The van der Waals surface area contributed by atoms with Gasteiger partial charge in [-0.3, -0.25) is 0 Å². The number of methoxy groups -OCH3 is 2. The van der Waals surface area contributed by atoms with Crippen molar-refractivity contribution in [3.8, 4) is 0 Å². The number of aliphatic hydroxyl groups excluding tert-OH is 5. The molecule has 0 aliphatic rings. The van der Waals surface area contributed by atoms with Crippen molar-refractivity contribution in [2.75, 3.05) is 27.4 Å². The number of hydrogen-bond donors (Lipinski definition) is 5. The summed E-state index contributed by atoms with van der Waals surface area (Å²) in [5.74, 6) is 0. The van der Waals surface area contributed by atoms with Crippen LogP contribution < -0.4 is 0 Å². The second kappa shape index (κ2) is 9.74. The van der Waals surface area contributed by atoms with Gasteiger partial charge in [-0.25, -0.2) is 0 Å². The third-order valence-corrected chi connectivity index (χ3v) is 3.71. The highest BCUT2D eigenvalue weighted by molar-refractivity contribution is 4.91. The van der Waals surface area contributed by atoms with Crippen LogP contribution in [0, 0.1) is 0 Å². The summed E-state index contributed by atoms with van der Waals surface area (Å²) in [5, 5.41) is 48.7. The predicted octanol–water partition coefficient (Wildman–Crippen LogP) is -1.73. The van der Waals surface area contributed by atoms with Gasteiger partial charge in [0.2, 0.25) is 0 Å². The van der Waals surface area contributed by atoms with Gasteiger partial charge in [-0.2, -0.15) is 0 Å². The van der Waals surface area contributed by atoms with Gasteiger partial charge in [0.1, 0.15) is 30.5 Å². The molecule has 0 bridgehead atoms. The van der Waals surface area contributed by atoms with Crippen molar-refractivity contribution in [3.05, 3.63) is 0 Å². The SMILES string of the molecule is COC(COC(C)(C)C(O)C(O)C(O)C(CO)OC)C(C)O. The first-order valence-corrected chi connectivity index (χ1v) is 7.15. The van der Waals surface area contributed by atoms with Crippen LogP contribution in [-0.4, -0.2) is 95.2 Å². The molecule has 8 heteroatoms. The molecule has 0 aliphatic heterocycles. The fraction of sp³-hybridized carbons (Fsp3) is 1.00. The van der Waals surface area contributed by atoms with Crippen molar-refractivity contribution >= 4 is 0 Å². The predicted molar refractivity (Wildman–Crippen MR) is 78.4 cm³/mol. The summed E-state index contributed by atoms with van der Waals surface area (Å²) in [6, 6.07) is 0. The standard InChI is InChI=1S/C14H30O8/c1-8(16)10(21-5)7-22-14(2,3)13(19)12(18)11(17)9(6-15)20-4/h8-13,15-19H,6-7H2,1-5H3. The zero-order chi connectivity index (χ0) is 17.5. The third kappa shape index (κ3) is 6.05. The lowest BCUT2D eigenvalue weighted by Crippen LogP contribution is -2.55. The molecule has 134 valence electrons. The summed E-state index contributed by atoms with van der Waals surface area (Å²) >= 11 is 0. The molecular formula is C14H30O8. The minimum absolute atomic E-state index is 0.00521. The molecule has 0 radical (unpaired) electrons. The van der Waals surface area contributed by atoms with Crippen LogP contribution in [0.25, 0.3) is 0 Å². The molecule has 0 aromatic rings. The molecule has 0 aromatic carbocycles. The van der Waals surface area contributed by atoms with Gasteiger partial charge in [0.25, 0.3) is 0 Å². The molecule has 5 N–H and O–H groups in total. The Morgan fingerprint density at radius 3 is 1.77 bits per heavy atom. The maximum absolute atomic E-state index is 10.2. The quantitative estimate of drug-likeness (QED) is 0.303. The van der Waals surface area contributed by atoms with Crippen LogP contribution in [-0.2, 0) is 14.2 Å². The lowest BCUT2D eigenvalue weighted by Gasteiger charge is -2.37. The second-order valence-electron chi connectivity index (χ2n) is 5.81. The smallest absolute Gasteiger partial charge is 0.111 e. The number of ether oxygens (including phenoxy) is 3. The lowest BCUT2D eigenvalue weighted by molar-refractivity contribution is -0.194. The van der Waals surface area contributed by atoms with Crippen LogP contribution in [0.2, 0.25) is 0 Å². The summed E-state index contributed by atoms with van der Waals surface area (Å²) < 4.78 is 15.4. The molecule has 0 aliphatic carbocycles. The van der Waals surface area contributed by atoms with Crippen LogP contribution in [0.15, 0.2) is 0 Å². The molecule has 0 saturated heterocycles. The topological polar surface area (TPSA) is 129 Å². The van der Waals surface area contributed by atoms with E-state index >= 15 is 0 Å². The van der Waals surface area contributed by atoms with E-state index in [1.807, 2.05) is 0 Å². The van der Waals surface area contributed by atoms with Gasteiger partial charge in [-0.05, 0) is 20.8 Å². The molecule has 0 fully saturated rings. The first-order chi connectivity index (χ1) is 10.1. The average molecular weight is 326 g/mol. The van der Waals surface area contributed by atoms with E-state index < -0.39 is 48.8 Å². The van der Waals surface area contributed by atoms with Crippen molar-refractivity contribution in [3.63, 3.8) is 0 Å². The summed E-state index contributed by atoms with van der Waals surface area (Å²) in [5.41, 5.74) is -1.22. The van der Waals surface area contributed by atoms with Crippen molar-refractivity contribution in [2.24, 2.45) is 0 Å². The van der Waals surface area contributed by atoms with Crippen LogP contribution in [0.1, 0.15) is 20.8 Å². The van der Waals surface area contributed by atoms with Gasteiger partial charge in [-0.1, -0.05) is 0 Å². The Labute approximate surface area is 131 Å². The molecule has 6 atom stereocenters. The fourth-order valence-electron chi connectivity index (χ4n) is 1.93. The molecule has 0 aromatic heterocycles. The minimum Gasteiger partial charge on any atom is -0.394 e. The Morgan fingerprint density at radius 1 is 0.909 bits per heavy atom. The Hall–Kier alpha value is -0.320. The second-order valence-corrected chi connectivity index (χ2v) is 5.81. The normalized spacial score (nSPS) is 21.0. The Morgan fingerprint density at radius 2 is 1.41 bits per heavy atom. The summed E-state index contributed by atoms with van der Waals surface area (Å²) in [4.78, 5) is 0. The molecule has 8 nitrogen and oxygen atoms in total. The van der Waals surface area contributed by atoms with Gasteiger partial charge < -0.3 is 39.7 Å². The minimum atomic E-state index is -1.58. The highest BCUT2D eigenvalue weighted by Crippen LogP contribution is 2.22. The van der Waals surface area contributed by atoms with E-state index in [-0.39, 0.29) is 6.61 Å². The summed E-state index contributed by atoms with van der Waals surface area (Å²) in [7, 11) is 2.70. The van der Waals surface area contributed by atoms with E-state index in [4.69, 9.17) is 19.3 Å². The molecule has 0 amide bonds. The Kier molecular flexibility index (Phi) is 9.60. The number of rotatable bonds is 11. The van der Waals surface area contributed by atoms with Crippen LogP contribution in [0.3, 0.4) is 0 Å². The van der Waals surface area contributed by atoms with Crippen molar-refractivity contribution in [2.45, 2.75) is 63.0 Å². The van der Waals surface area contributed by atoms with Crippen molar-refractivity contribution in [1.82, 2.24) is 0 Å². The van der Waals surface area contributed by atoms with E-state index in [2.05, 4.69) is 0 Å². The lowest BCUT2D eigenvalue weighted by atomic mass is 9.91. The fourth-order valence-corrected chi connectivity index (χ4v) is 1.93. The van der Waals surface area contributed by atoms with E-state index in [0.717, 1.165) is 0 Å². The van der Waals surface area contributed by atoms with Gasteiger partial charge in [0.15, 0.2) is 0 Å². The van der Waals surface area contributed by atoms with E-state index in [0.29, 0.717) is 0 Å². The average Bonchev–Trinajstić information content (AvgIpc) is 2.46. The van der Waals surface area contributed by atoms with Gasteiger partial charge in [0, 0.05) is 14.2 Å². The van der Waals surface area contributed by atoms with E-state index in [1.165, 1.54) is 28.1 Å². The highest BCUT2D eigenvalue weighted by atomic mass is 16.6. The molecule has 0 spiro atoms. The maximum atomic E-state index is 10.2. The Bertz CT molecular complexity index is 293. The van der Waals surface area contributed by atoms with Crippen molar-refractivity contribution < 1.29 is 39.7 Å². The van der Waals surface area contributed by atoms with Crippen LogP contribution >= 0.6 is 0 Å². The molecular weight excluding hydrogens is 296 g/mol. The third-order valence-electron chi connectivity index (χ3n) is 3.71. The Balaban J connectivity index is 4.74. The zero-order valence-electron chi connectivity index (χ0n) is 13.8. The number of aliphatic hydroxyl groups is 5. The summed E-state index contributed by atoms with van der Waals surface area (Å²) in [6.45, 7) is 4.10. The van der Waals surface area contributed by atoms with Gasteiger partial charge in [0.05, 0.1) is 24.9 Å². The molecule has 22 heavy (non-hydrogen) atoms. The molecule has 0 saturated carbocycles. The molecule has 0 heterocycles. The highest BCUT2D eigenvalue weighted by Gasteiger charge is 2.41. The van der Waals surface area contributed by atoms with Crippen molar-refractivity contribution in [1.29, 1.82) is 0 Å². The van der Waals surface area contributed by atoms with Crippen LogP contribution in [0.5, 0.6) is 0 Å². The summed E-state index contributed by atoms with van der Waals surface area (Å²) in [6.07, 6.45) is -6.89. The maximum Gasteiger partial charge on any atom is 0.111 e. The molecule has 0 rings (SSSR count). The largest absolute Gasteiger partial charge is 0.394 e. The van der Waals surface area contributed by atoms with Gasteiger partial charge in [-0.15, -0.1) is 0 Å².